The molecule has 1 fully saturated rings. The molecule has 31 heavy (non-hydrogen) atoms. The van der Waals surface area contributed by atoms with Gasteiger partial charge < -0.3 is 25.0 Å². The maximum Gasteiger partial charge on any atom is 0.227 e. The average molecular weight is 425 g/mol. The lowest BCUT2D eigenvalue weighted by atomic mass is 10.2. The zero-order valence-corrected chi connectivity index (χ0v) is 18.6. The number of anilines is 2. The minimum Gasteiger partial charge on any atom is -0.491 e. The largest absolute Gasteiger partial charge is 0.491 e. The topological polar surface area (TPSA) is 75.2 Å². The molecular weight excluding hydrogens is 392 g/mol. The van der Waals surface area contributed by atoms with E-state index in [-0.39, 0.29) is 12.0 Å². The summed E-state index contributed by atoms with van der Waals surface area (Å²) < 4.78 is 10.8. The Kier molecular flexibility index (Phi) is 8.29. The Labute approximate surface area is 184 Å². The van der Waals surface area contributed by atoms with E-state index in [9.17, 15) is 4.79 Å². The van der Waals surface area contributed by atoms with E-state index in [1.807, 2.05) is 67.3 Å². The fourth-order valence-corrected chi connectivity index (χ4v) is 3.31. The molecule has 1 saturated heterocycles. The zero-order chi connectivity index (χ0) is 22.1. The zero-order valence-electron chi connectivity index (χ0n) is 18.6. The average Bonchev–Trinajstić information content (AvgIpc) is 3.19. The summed E-state index contributed by atoms with van der Waals surface area (Å²) in [6, 6.07) is 15.8. The van der Waals surface area contributed by atoms with Crippen LogP contribution in [0.1, 0.15) is 32.3 Å². The van der Waals surface area contributed by atoms with Crippen molar-refractivity contribution >= 4 is 23.2 Å². The Balaban J connectivity index is 1.64. The summed E-state index contributed by atoms with van der Waals surface area (Å²) in [4.78, 5) is 18.5. The minimum absolute atomic E-state index is 0.140. The Morgan fingerprint density at radius 2 is 1.87 bits per heavy atom. The van der Waals surface area contributed by atoms with Crippen molar-refractivity contribution in [3.05, 3.63) is 54.1 Å². The van der Waals surface area contributed by atoms with Crippen LogP contribution in [0.5, 0.6) is 5.75 Å². The van der Waals surface area contributed by atoms with Crippen LogP contribution in [0.15, 0.2) is 53.5 Å². The van der Waals surface area contributed by atoms with Crippen molar-refractivity contribution in [2.75, 3.05) is 37.0 Å². The number of amides is 1. The first kappa shape index (κ1) is 22.6. The minimum atomic E-state index is 0.140. The van der Waals surface area contributed by atoms with Crippen molar-refractivity contribution in [2.45, 2.75) is 39.3 Å². The predicted molar refractivity (Wildman–Crippen MR) is 125 cm³/mol. The Hall–Kier alpha value is -3.06. The molecule has 0 aliphatic carbocycles. The van der Waals surface area contributed by atoms with Crippen molar-refractivity contribution < 1.29 is 14.3 Å². The molecule has 1 amide bonds. The number of hydrogen-bond acceptors (Lipinski definition) is 4. The first-order valence-electron chi connectivity index (χ1n) is 10.8. The summed E-state index contributed by atoms with van der Waals surface area (Å²) in [5, 5.41) is 6.60. The van der Waals surface area contributed by atoms with E-state index in [0.29, 0.717) is 32.1 Å². The Morgan fingerprint density at radius 3 is 2.48 bits per heavy atom. The van der Waals surface area contributed by atoms with Crippen LogP contribution in [0.25, 0.3) is 0 Å². The van der Waals surface area contributed by atoms with Crippen LogP contribution < -0.4 is 20.3 Å². The number of hydrogen-bond donors (Lipinski definition) is 2. The fraction of sp³-hybridized carbons (Fsp3) is 0.417. The van der Waals surface area contributed by atoms with Gasteiger partial charge in [-0.15, -0.1) is 0 Å². The van der Waals surface area contributed by atoms with E-state index >= 15 is 0 Å². The van der Waals surface area contributed by atoms with E-state index in [2.05, 4.69) is 10.6 Å². The molecule has 7 nitrogen and oxygen atoms in total. The standard InChI is InChI=1S/C24H32N4O3/c1-18(2)31-22-12-8-20(9-13-22)27-24(25-14-16-30-3)26-17-19-6-10-21(11-7-19)28-15-4-5-23(28)29/h6-13,18H,4-5,14-17H2,1-3H3,(H2,25,26,27). The van der Waals surface area contributed by atoms with Gasteiger partial charge in [0.15, 0.2) is 5.96 Å². The number of carbonyl (C=O) groups excluding carboxylic acids is 1. The molecule has 2 aromatic rings. The predicted octanol–water partition coefficient (Wildman–Crippen LogP) is 3.80. The van der Waals surface area contributed by atoms with Crippen molar-refractivity contribution in [3.8, 4) is 5.75 Å². The van der Waals surface area contributed by atoms with Gasteiger partial charge in [-0.25, -0.2) is 4.99 Å². The highest BCUT2D eigenvalue weighted by Gasteiger charge is 2.21. The third kappa shape index (κ3) is 7.00. The van der Waals surface area contributed by atoms with Crippen molar-refractivity contribution in [2.24, 2.45) is 4.99 Å². The summed E-state index contributed by atoms with van der Waals surface area (Å²) in [6.45, 7) is 6.56. The van der Waals surface area contributed by atoms with Gasteiger partial charge in [-0.2, -0.15) is 0 Å². The molecule has 0 atom stereocenters. The van der Waals surface area contributed by atoms with Crippen LogP contribution in [0.3, 0.4) is 0 Å². The second-order valence-corrected chi connectivity index (χ2v) is 7.72. The first-order chi connectivity index (χ1) is 15.0. The maximum atomic E-state index is 11.9. The SMILES string of the molecule is COCCNC(=NCc1ccc(N2CCCC2=O)cc1)Nc1ccc(OC(C)C)cc1. The third-order valence-corrected chi connectivity index (χ3v) is 4.83. The molecule has 0 saturated carbocycles. The van der Waals surface area contributed by atoms with E-state index in [0.717, 1.165) is 35.7 Å². The Morgan fingerprint density at radius 1 is 1.13 bits per heavy atom. The van der Waals surface area contributed by atoms with Crippen molar-refractivity contribution in [1.82, 2.24) is 5.32 Å². The lowest BCUT2D eigenvalue weighted by molar-refractivity contribution is -0.117. The van der Waals surface area contributed by atoms with Crippen LogP contribution >= 0.6 is 0 Å². The van der Waals surface area contributed by atoms with Gasteiger partial charge in [0.1, 0.15) is 5.75 Å². The molecule has 0 spiro atoms. The number of rotatable bonds is 9. The molecule has 1 aliphatic rings. The van der Waals surface area contributed by atoms with Gasteiger partial charge in [0.25, 0.3) is 0 Å². The number of benzene rings is 2. The summed E-state index contributed by atoms with van der Waals surface area (Å²) in [5.41, 5.74) is 2.95. The highest BCUT2D eigenvalue weighted by molar-refractivity contribution is 5.95. The van der Waals surface area contributed by atoms with E-state index < -0.39 is 0 Å². The quantitative estimate of drug-likeness (QED) is 0.364. The molecule has 2 N–H and O–H groups in total. The second kappa shape index (κ2) is 11.4. The molecule has 1 heterocycles. The second-order valence-electron chi connectivity index (χ2n) is 7.72. The smallest absolute Gasteiger partial charge is 0.227 e. The molecule has 166 valence electrons. The highest BCUT2D eigenvalue weighted by atomic mass is 16.5. The number of methoxy groups -OCH3 is 1. The molecular formula is C24H32N4O3. The Bertz CT molecular complexity index is 863. The lowest BCUT2D eigenvalue weighted by Gasteiger charge is -2.16. The molecule has 3 rings (SSSR count). The van der Waals surface area contributed by atoms with Gasteiger partial charge in [0, 0.05) is 38.0 Å². The molecule has 0 bridgehead atoms. The van der Waals surface area contributed by atoms with Crippen molar-refractivity contribution in [1.29, 1.82) is 0 Å². The number of carbonyl (C=O) groups is 1. The summed E-state index contributed by atoms with van der Waals surface area (Å²) >= 11 is 0. The van der Waals surface area contributed by atoms with Crippen LogP contribution in [-0.2, 0) is 16.1 Å². The number of ether oxygens (including phenoxy) is 2. The summed E-state index contributed by atoms with van der Waals surface area (Å²) in [7, 11) is 1.67. The van der Waals surface area contributed by atoms with Gasteiger partial charge in [-0.3, -0.25) is 4.79 Å². The summed E-state index contributed by atoms with van der Waals surface area (Å²) in [6.07, 6.45) is 1.71. The molecule has 0 radical (unpaired) electrons. The third-order valence-electron chi connectivity index (χ3n) is 4.83. The van der Waals surface area contributed by atoms with Gasteiger partial charge in [0.2, 0.25) is 5.91 Å². The van der Waals surface area contributed by atoms with E-state index in [4.69, 9.17) is 14.5 Å². The monoisotopic (exact) mass is 424 g/mol. The lowest BCUT2D eigenvalue weighted by Crippen LogP contribution is -2.33. The first-order valence-corrected chi connectivity index (χ1v) is 10.8. The van der Waals surface area contributed by atoms with Gasteiger partial charge in [0.05, 0.1) is 19.3 Å². The van der Waals surface area contributed by atoms with Crippen LogP contribution in [-0.4, -0.2) is 44.8 Å². The van der Waals surface area contributed by atoms with E-state index in [1.54, 1.807) is 7.11 Å². The number of nitrogens with one attached hydrogen (secondary N) is 2. The molecule has 0 unspecified atom stereocenters. The summed E-state index contributed by atoms with van der Waals surface area (Å²) in [5.74, 6) is 1.71. The van der Waals surface area contributed by atoms with Crippen molar-refractivity contribution in [3.63, 3.8) is 0 Å². The molecule has 0 aromatic heterocycles. The van der Waals surface area contributed by atoms with Crippen LogP contribution in [0.2, 0.25) is 0 Å². The highest BCUT2D eigenvalue weighted by Crippen LogP contribution is 2.22. The van der Waals surface area contributed by atoms with Gasteiger partial charge in [-0.05, 0) is 62.2 Å². The molecule has 2 aromatic carbocycles. The number of aliphatic imine (C=N–C) groups is 1. The maximum absolute atomic E-state index is 11.9. The molecule has 7 heteroatoms. The number of guanidine groups is 1. The van der Waals surface area contributed by atoms with E-state index in [1.165, 1.54) is 0 Å². The fourth-order valence-electron chi connectivity index (χ4n) is 3.31. The van der Waals surface area contributed by atoms with Crippen LogP contribution in [0, 0.1) is 0 Å². The normalized spacial score (nSPS) is 14.3. The van der Waals surface area contributed by atoms with Gasteiger partial charge >= 0.3 is 0 Å². The number of nitrogens with zero attached hydrogens (tertiary/aromatic N) is 2. The van der Waals surface area contributed by atoms with Gasteiger partial charge in [-0.1, -0.05) is 12.1 Å². The van der Waals surface area contributed by atoms with Crippen LogP contribution in [0.4, 0.5) is 11.4 Å². The molecule has 1 aliphatic heterocycles.